The SMILES string of the molecule is Cc1cc(Br)ccc1NC(=O)C(=O)NC[C@H](C)O. The number of carbonyl (C=O) groups excluding carboxylic acids is 2. The van der Waals surface area contributed by atoms with Gasteiger partial charge in [-0.15, -0.1) is 0 Å². The first-order valence-corrected chi connectivity index (χ1v) is 6.23. The van der Waals surface area contributed by atoms with E-state index >= 15 is 0 Å². The number of aryl methyl sites for hydroxylation is 1. The Balaban J connectivity index is 2.61. The minimum absolute atomic E-state index is 0.0472. The van der Waals surface area contributed by atoms with Gasteiger partial charge in [0.15, 0.2) is 0 Å². The molecule has 0 aliphatic rings. The third-order valence-corrected chi connectivity index (χ3v) is 2.69. The quantitative estimate of drug-likeness (QED) is 0.733. The highest BCUT2D eigenvalue weighted by Crippen LogP contribution is 2.19. The summed E-state index contributed by atoms with van der Waals surface area (Å²) in [5, 5.41) is 13.8. The summed E-state index contributed by atoms with van der Waals surface area (Å²) in [6.45, 7) is 3.40. The molecule has 0 saturated carbocycles. The molecule has 0 bridgehead atoms. The van der Waals surface area contributed by atoms with Gasteiger partial charge in [-0.05, 0) is 37.6 Å². The van der Waals surface area contributed by atoms with Gasteiger partial charge in [0.05, 0.1) is 6.10 Å². The molecule has 0 aliphatic carbocycles. The van der Waals surface area contributed by atoms with Crippen molar-refractivity contribution in [3.05, 3.63) is 28.2 Å². The van der Waals surface area contributed by atoms with Gasteiger partial charge in [-0.25, -0.2) is 0 Å². The number of benzene rings is 1. The summed E-state index contributed by atoms with van der Waals surface area (Å²) in [6, 6.07) is 5.32. The van der Waals surface area contributed by atoms with Crippen molar-refractivity contribution in [1.82, 2.24) is 5.32 Å². The highest BCUT2D eigenvalue weighted by atomic mass is 79.9. The van der Waals surface area contributed by atoms with Crippen LogP contribution in [0.4, 0.5) is 5.69 Å². The molecule has 1 rings (SSSR count). The van der Waals surface area contributed by atoms with Crippen LogP contribution in [0.25, 0.3) is 0 Å². The number of aliphatic hydroxyl groups excluding tert-OH is 1. The molecule has 1 atom stereocenters. The molecular weight excluding hydrogens is 300 g/mol. The number of aliphatic hydroxyl groups is 1. The summed E-state index contributed by atoms with van der Waals surface area (Å²) in [6.07, 6.45) is -0.684. The lowest BCUT2D eigenvalue weighted by Crippen LogP contribution is -2.38. The Morgan fingerprint density at radius 2 is 2.06 bits per heavy atom. The zero-order chi connectivity index (χ0) is 13.7. The van der Waals surface area contributed by atoms with Crippen LogP contribution >= 0.6 is 15.9 Å². The summed E-state index contributed by atoms with van der Waals surface area (Å²) in [5.74, 6) is -1.51. The number of hydrogen-bond donors (Lipinski definition) is 3. The molecule has 0 aliphatic heterocycles. The van der Waals surface area contributed by atoms with E-state index in [0.717, 1.165) is 10.0 Å². The van der Waals surface area contributed by atoms with Crippen LogP contribution in [0.2, 0.25) is 0 Å². The van der Waals surface area contributed by atoms with Crippen LogP contribution in [0.5, 0.6) is 0 Å². The van der Waals surface area contributed by atoms with Gasteiger partial charge in [0, 0.05) is 16.7 Å². The highest BCUT2D eigenvalue weighted by Gasteiger charge is 2.14. The van der Waals surface area contributed by atoms with Crippen molar-refractivity contribution in [2.75, 3.05) is 11.9 Å². The lowest BCUT2D eigenvalue weighted by atomic mass is 10.2. The fourth-order valence-electron chi connectivity index (χ4n) is 1.27. The summed E-state index contributed by atoms with van der Waals surface area (Å²) < 4.78 is 0.900. The largest absolute Gasteiger partial charge is 0.392 e. The molecule has 0 saturated heterocycles. The van der Waals surface area contributed by atoms with Crippen molar-refractivity contribution in [2.24, 2.45) is 0 Å². The predicted molar refractivity (Wildman–Crippen MR) is 72.2 cm³/mol. The standard InChI is InChI=1S/C12H15BrN2O3/c1-7-5-9(13)3-4-10(7)15-12(18)11(17)14-6-8(2)16/h3-5,8,16H,6H2,1-2H3,(H,14,17)(H,15,18)/t8-/m0/s1. The van der Waals surface area contributed by atoms with Crippen molar-refractivity contribution in [3.63, 3.8) is 0 Å². The second-order valence-corrected chi connectivity index (χ2v) is 4.89. The van der Waals surface area contributed by atoms with E-state index < -0.39 is 17.9 Å². The second kappa shape index (κ2) is 6.51. The Hall–Kier alpha value is -1.40. The van der Waals surface area contributed by atoms with Gasteiger partial charge in [0.2, 0.25) is 0 Å². The molecule has 3 N–H and O–H groups in total. The second-order valence-electron chi connectivity index (χ2n) is 3.97. The number of amides is 2. The molecular formula is C12H15BrN2O3. The zero-order valence-electron chi connectivity index (χ0n) is 10.2. The van der Waals surface area contributed by atoms with E-state index in [4.69, 9.17) is 5.11 Å². The van der Waals surface area contributed by atoms with Gasteiger partial charge in [0.1, 0.15) is 0 Å². The Morgan fingerprint density at radius 3 is 2.61 bits per heavy atom. The summed E-state index contributed by atoms with van der Waals surface area (Å²) in [4.78, 5) is 22.9. The molecule has 0 heterocycles. The molecule has 0 aromatic heterocycles. The van der Waals surface area contributed by atoms with Gasteiger partial charge in [-0.3, -0.25) is 9.59 Å². The van der Waals surface area contributed by atoms with Crippen LogP contribution in [0.15, 0.2) is 22.7 Å². The molecule has 0 fully saturated rings. The summed E-state index contributed by atoms with van der Waals surface area (Å²) in [7, 11) is 0. The van der Waals surface area contributed by atoms with E-state index in [1.807, 2.05) is 13.0 Å². The average Bonchev–Trinajstić information content (AvgIpc) is 2.29. The minimum Gasteiger partial charge on any atom is -0.392 e. The normalized spacial score (nSPS) is 11.8. The molecule has 98 valence electrons. The highest BCUT2D eigenvalue weighted by molar-refractivity contribution is 9.10. The first kappa shape index (κ1) is 14.7. The Kier molecular flexibility index (Phi) is 5.30. The van der Waals surface area contributed by atoms with Crippen LogP contribution in [-0.4, -0.2) is 29.6 Å². The third kappa shape index (κ3) is 4.46. The predicted octanol–water partition coefficient (Wildman–Crippen LogP) is 1.19. The Bertz CT molecular complexity index is 461. The van der Waals surface area contributed by atoms with Crippen molar-refractivity contribution in [1.29, 1.82) is 0 Å². The van der Waals surface area contributed by atoms with Gasteiger partial charge in [0.25, 0.3) is 0 Å². The maximum atomic E-state index is 11.5. The van der Waals surface area contributed by atoms with Crippen molar-refractivity contribution >= 4 is 33.4 Å². The van der Waals surface area contributed by atoms with Crippen LogP contribution < -0.4 is 10.6 Å². The van der Waals surface area contributed by atoms with Crippen LogP contribution in [0.1, 0.15) is 12.5 Å². The minimum atomic E-state index is -0.766. The molecule has 0 radical (unpaired) electrons. The molecule has 0 unspecified atom stereocenters. The third-order valence-electron chi connectivity index (χ3n) is 2.20. The van der Waals surface area contributed by atoms with E-state index in [1.165, 1.54) is 6.92 Å². The van der Waals surface area contributed by atoms with Gasteiger partial charge in [-0.1, -0.05) is 15.9 Å². The first-order chi connectivity index (χ1) is 8.40. The first-order valence-electron chi connectivity index (χ1n) is 5.43. The van der Waals surface area contributed by atoms with E-state index in [2.05, 4.69) is 26.6 Å². The Morgan fingerprint density at radius 1 is 1.39 bits per heavy atom. The monoisotopic (exact) mass is 314 g/mol. The van der Waals surface area contributed by atoms with E-state index in [9.17, 15) is 9.59 Å². The Labute approximate surface area is 114 Å². The molecule has 1 aromatic rings. The molecule has 2 amide bonds. The lowest BCUT2D eigenvalue weighted by molar-refractivity contribution is -0.136. The average molecular weight is 315 g/mol. The van der Waals surface area contributed by atoms with E-state index in [-0.39, 0.29) is 6.54 Å². The topological polar surface area (TPSA) is 78.4 Å². The molecule has 6 heteroatoms. The smallest absolute Gasteiger partial charge is 0.313 e. The number of nitrogens with one attached hydrogen (secondary N) is 2. The summed E-state index contributed by atoms with van der Waals surface area (Å²) in [5.41, 5.74) is 1.43. The molecule has 5 nitrogen and oxygen atoms in total. The van der Waals surface area contributed by atoms with Crippen molar-refractivity contribution in [3.8, 4) is 0 Å². The molecule has 18 heavy (non-hydrogen) atoms. The molecule has 0 spiro atoms. The fourth-order valence-corrected chi connectivity index (χ4v) is 1.74. The number of hydrogen-bond acceptors (Lipinski definition) is 3. The van der Waals surface area contributed by atoms with Crippen molar-refractivity contribution < 1.29 is 14.7 Å². The number of carbonyl (C=O) groups is 2. The van der Waals surface area contributed by atoms with Crippen LogP contribution in [-0.2, 0) is 9.59 Å². The summed E-state index contributed by atoms with van der Waals surface area (Å²) >= 11 is 3.31. The number of rotatable bonds is 3. The van der Waals surface area contributed by atoms with Gasteiger partial charge < -0.3 is 15.7 Å². The number of anilines is 1. The zero-order valence-corrected chi connectivity index (χ0v) is 11.7. The number of halogens is 1. The van der Waals surface area contributed by atoms with Crippen LogP contribution in [0, 0.1) is 6.92 Å². The van der Waals surface area contributed by atoms with E-state index in [0.29, 0.717) is 5.69 Å². The lowest BCUT2D eigenvalue weighted by Gasteiger charge is -2.09. The maximum Gasteiger partial charge on any atom is 0.313 e. The van der Waals surface area contributed by atoms with Crippen LogP contribution in [0.3, 0.4) is 0 Å². The van der Waals surface area contributed by atoms with Crippen molar-refractivity contribution in [2.45, 2.75) is 20.0 Å². The fraction of sp³-hybridized carbons (Fsp3) is 0.333. The van der Waals surface area contributed by atoms with Gasteiger partial charge >= 0.3 is 11.8 Å². The van der Waals surface area contributed by atoms with Gasteiger partial charge in [-0.2, -0.15) is 0 Å². The molecule has 1 aromatic carbocycles. The maximum absolute atomic E-state index is 11.5. The van der Waals surface area contributed by atoms with E-state index in [1.54, 1.807) is 12.1 Å².